The molecule has 0 amide bonds. The Morgan fingerprint density at radius 2 is 2.41 bits per heavy atom. The Hall–Kier alpha value is -1.84. The molecule has 1 atom stereocenters. The molecule has 4 nitrogen and oxygen atoms in total. The molecule has 2 aromatic rings. The smallest absolute Gasteiger partial charge is 0.306 e. The highest BCUT2D eigenvalue weighted by Gasteiger charge is 2.10. The van der Waals surface area contributed by atoms with Crippen LogP contribution in [0.1, 0.15) is 25.3 Å². The Bertz CT molecular complexity index is 519. The van der Waals surface area contributed by atoms with Gasteiger partial charge in [-0.25, -0.2) is 4.98 Å². The van der Waals surface area contributed by atoms with Crippen LogP contribution in [0.2, 0.25) is 0 Å². The first-order chi connectivity index (χ1) is 8.18. The number of pyridine rings is 1. The first kappa shape index (κ1) is 11.6. The topological polar surface area (TPSA) is 54.6 Å². The fourth-order valence-corrected chi connectivity index (χ4v) is 1.94. The van der Waals surface area contributed by atoms with Crippen LogP contribution >= 0.6 is 0 Å². The first-order valence-electron chi connectivity index (χ1n) is 5.81. The van der Waals surface area contributed by atoms with E-state index in [-0.39, 0.29) is 5.92 Å². The highest BCUT2D eigenvalue weighted by molar-refractivity contribution is 5.69. The van der Waals surface area contributed by atoms with Crippen molar-refractivity contribution in [3.8, 4) is 0 Å². The third-order valence-corrected chi connectivity index (χ3v) is 3.04. The van der Waals surface area contributed by atoms with Gasteiger partial charge in [-0.3, -0.25) is 4.79 Å². The number of hydrogen-bond donors (Lipinski definition) is 1. The predicted octanol–water partition coefficient (Wildman–Crippen LogP) is 2.38. The Morgan fingerprint density at radius 1 is 1.59 bits per heavy atom. The summed E-state index contributed by atoms with van der Waals surface area (Å²) in [5, 5.41) is 8.80. The van der Waals surface area contributed by atoms with Crippen molar-refractivity contribution in [2.24, 2.45) is 5.92 Å². The molecular weight excluding hydrogens is 216 g/mol. The predicted molar refractivity (Wildman–Crippen MR) is 64.9 cm³/mol. The third kappa shape index (κ3) is 2.64. The normalized spacial score (nSPS) is 12.8. The number of hydrogen-bond acceptors (Lipinski definition) is 2. The first-order valence-corrected chi connectivity index (χ1v) is 5.81. The molecule has 0 saturated carbocycles. The summed E-state index contributed by atoms with van der Waals surface area (Å²) in [6.07, 6.45) is 8.08. The number of carboxylic acids is 1. The fourth-order valence-electron chi connectivity index (χ4n) is 1.94. The van der Waals surface area contributed by atoms with Crippen molar-refractivity contribution in [1.29, 1.82) is 0 Å². The molecule has 0 radical (unpaired) electrons. The van der Waals surface area contributed by atoms with E-state index in [2.05, 4.69) is 11.1 Å². The number of fused-ring (bicyclic) bond motifs is 1. The van der Waals surface area contributed by atoms with Gasteiger partial charge in [-0.15, -0.1) is 0 Å². The van der Waals surface area contributed by atoms with E-state index in [1.807, 2.05) is 22.9 Å². The summed E-state index contributed by atoms with van der Waals surface area (Å²) in [6.45, 7) is 1.75. The Balaban J connectivity index is 1.99. The van der Waals surface area contributed by atoms with Crippen molar-refractivity contribution >= 4 is 11.5 Å². The maximum Gasteiger partial charge on any atom is 0.306 e. The average molecular weight is 232 g/mol. The minimum absolute atomic E-state index is 0.264. The Morgan fingerprint density at radius 3 is 3.18 bits per heavy atom. The summed E-state index contributed by atoms with van der Waals surface area (Å²) in [7, 11) is 0. The molecule has 0 aromatic carbocycles. The van der Waals surface area contributed by atoms with E-state index >= 15 is 0 Å². The second-order valence-electron chi connectivity index (χ2n) is 4.35. The minimum Gasteiger partial charge on any atom is -0.481 e. The van der Waals surface area contributed by atoms with E-state index in [4.69, 9.17) is 5.11 Å². The highest BCUT2D eigenvalue weighted by atomic mass is 16.4. The van der Waals surface area contributed by atoms with Crippen molar-refractivity contribution in [2.75, 3.05) is 0 Å². The number of carboxylic acid groups (broad SMARTS) is 1. The lowest BCUT2D eigenvalue weighted by atomic mass is 10.0. The third-order valence-electron chi connectivity index (χ3n) is 3.04. The van der Waals surface area contributed by atoms with Crippen molar-refractivity contribution in [3.63, 3.8) is 0 Å². The number of aryl methyl sites for hydroxylation is 1. The number of rotatable bonds is 5. The fraction of sp³-hybridized carbons (Fsp3) is 0.385. The molecule has 0 aliphatic carbocycles. The molecule has 2 heterocycles. The Kier molecular flexibility index (Phi) is 3.42. The van der Waals surface area contributed by atoms with Crippen LogP contribution in [0.15, 0.2) is 30.9 Å². The van der Waals surface area contributed by atoms with Gasteiger partial charge in [0, 0.05) is 6.20 Å². The lowest BCUT2D eigenvalue weighted by Gasteiger charge is -2.07. The van der Waals surface area contributed by atoms with Crippen LogP contribution in [0.25, 0.3) is 5.52 Å². The molecule has 0 fully saturated rings. The summed E-state index contributed by atoms with van der Waals surface area (Å²) in [5.41, 5.74) is 2.33. The van der Waals surface area contributed by atoms with Crippen LogP contribution in [0, 0.1) is 5.92 Å². The van der Waals surface area contributed by atoms with Crippen LogP contribution in [-0.2, 0) is 11.2 Å². The summed E-state index contributed by atoms with van der Waals surface area (Å²) in [4.78, 5) is 14.8. The number of imidazole rings is 1. The SMILES string of the molecule is CC(CCCc1cccn2cncc12)C(=O)O. The second kappa shape index (κ2) is 4.99. The minimum atomic E-state index is -0.715. The van der Waals surface area contributed by atoms with Crippen LogP contribution in [0.3, 0.4) is 0 Å². The molecule has 0 bridgehead atoms. The summed E-state index contributed by atoms with van der Waals surface area (Å²) in [5.74, 6) is -0.979. The van der Waals surface area contributed by atoms with Crippen molar-refractivity contribution in [2.45, 2.75) is 26.2 Å². The largest absolute Gasteiger partial charge is 0.481 e. The number of nitrogens with zero attached hydrogens (tertiary/aromatic N) is 2. The van der Waals surface area contributed by atoms with E-state index in [9.17, 15) is 4.79 Å². The van der Waals surface area contributed by atoms with Gasteiger partial charge < -0.3 is 9.51 Å². The van der Waals surface area contributed by atoms with Gasteiger partial charge in [-0.1, -0.05) is 13.0 Å². The van der Waals surface area contributed by atoms with Gasteiger partial charge in [0.2, 0.25) is 0 Å². The maximum atomic E-state index is 10.7. The Labute approximate surface area is 99.9 Å². The molecule has 1 N–H and O–H groups in total. The van der Waals surface area contributed by atoms with Crippen LogP contribution in [0.4, 0.5) is 0 Å². The number of aliphatic carboxylic acids is 1. The summed E-state index contributed by atoms with van der Waals surface area (Å²) < 4.78 is 1.98. The lowest BCUT2D eigenvalue weighted by molar-refractivity contribution is -0.141. The van der Waals surface area contributed by atoms with E-state index in [0.717, 1.165) is 18.4 Å². The molecule has 0 aliphatic heterocycles. The number of aromatic nitrogens is 2. The van der Waals surface area contributed by atoms with E-state index in [0.29, 0.717) is 6.42 Å². The lowest BCUT2D eigenvalue weighted by Crippen LogP contribution is -2.09. The van der Waals surface area contributed by atoms with Gasteiger partial charge >= 0.3 is 5.97 Å². The zero-order chi connectivity index (χ0) is 12.3. The molecule has 2 rings (SSSR count). The van der Waals surface area contributed by atoms with Crippen molar-refractivity contribution < 1.29 is 9.90 Å². The molecule has 17 heavy (non-hydrogen) atoms. The summed E-state index contributed by atoms with van der Waals surface area (Å²) >= 11 is 0. The monoisotopic (exact) mass is 232 g/mol. The van der Waals surface area contributed by atoms with Gasteiger partial charge in [0.1, 0.15) is 0 Å². The van der Waals surface area contributed by atoms with Gasteiger partial charge in [-0.05, 0) is 30.9 Å². The zero-order valence-corrected chi connectivity index (χ0v) is 9.84. The highest BCUT2D eigenvalue weighted by Crippen LogP contribution is 2.15. The van der Waals surface area contributed by atoms with Crippen LogP contribution in [-0.4, -0.2) is 20.5 Å². The van der Waals surface area contributed by atoms with E-state index in [1.165, 1.54) is 5.56 Å². The van der Waals surface area contributed by atoms with Gasteiger partial charge in [0.25, 0.3) is 0 Å². The molecule has 90 valence electrons. The molecule has 0 saturated heterocycles. The number of carbonyl (C=O) groups is 1. The molecular formula is C13H16N2O2. The quantitative estimate of drug-likeness (QED) is 0.861. The van der Waals surface area contributed by atoms with Crippen molar-refractivity contribution in [3.05, 3.63) is 36.4 Å². The zero-order valence-electron chi connectivity index (χ0n) is 9.84. The standard InChI is InChI=1S/C13H16N2O2/c1-10(13(16)17)4-2-5-11-6-3-7-15-9-14-8-12(11)15/h3,6-10H,2,4-5H2,1H3,(H,16,17). The molecule has 2 aromatic heterocycles. The molecule has 0 spiro atoms. The van der Waals surface area contributed by atoms with Gasteiger partial charge in [0.15, 0.2) is 0 Å². The van der Waals surface area contributed by atoms with E-state index in [1.54, 1.807) is 13.3 Å². The molecule has 4 heteroatoms. The van der Waals surface area contributed by atoms with Crippen LogP contribution < -0.4 is 0 Å². The van der Waals surface area contributed by atoms with Crippen LogP contribution in [0.5, 0.6) is 0 Å². The van der Waals surface area contributed by atoms with Gasteiger partial charge in [0.05, 0.1) is 24.0 Å². The summed E-state index contributed by atoms with van der Waals surface area (Å²) in [6, 6.07) is 4.06. The second-order valence-corrected chi connectivity index (χ2v) is 4.35. The van der Waals surface area contributed by atoms with E-state index < -0.39 is 5.97 Å². The molecule has 0 aliphatic rings. The van der Waals surface area contributed by atoms with Crippen molar-refractivity contribution in [1.82, 2.24) is 9.38 Å². The molecule has 1 unspecified atom stereocenters. The average Bonchev–Trinajstić information content (AvgIpc) is 2.77. The van der Waals surface area contributed by atoms with Gasteiger partial charge in [-0.2, -0.15) is 0 Å². The maximum absolute atomic E-state index is 10.7.